The van der Waals surface area contributed by atoms with Crippen LogP contribution in [0.25, 0.3) is 6.08 Å². The van der Waals surface area contributed by atoms with Crippen molar-refractivity contribution >= 4 is 46.0 Å². The number of hydrogen-bond acceptors (Lipinski definition) is 5. The number of thioether (sulfide) groups is 1. The predicted octanol–water partition coefficient (Wildman–Crippen LogP) is 2.88. The third-order valence-electron chi connectivity index (χ3n) is 2.66. The van der Waals surface area contributed by atoms with Crippen LogP contribution in [0.15, 0.2) is 53.8 Å². The number of amides is 1. The van der Waals surface area contributed by atoms with E-state index in [2.05, 4.69) is 9.97 Å². The van der Waals surface area contributed by atoms with Crippen molar-refractivity contribution in [3.8, 4) is 0 Å². The monoisotopic (exact) mass is 299 g/mol. The lowest BCUT2D eigenvalue weighted by atomic mass is 10.3. The largest absolute Gasteiger partial charge is 0.270 e. The molecule has 0 saturated carbocycles. The number of rotatable bonds is 2. The third-order valence-corrected chi connectivity index (χ3v) is 3.97. The molecule has 1 aliphatic rings. The molecular weight excluding hydrogens is 290 g/mol. The fraction of sp³-hybridized carbons (Fsp3) is 0. The molecule has 2 aromatic heterocycles. The molecule has 0 unspecified atom stereocenters. The molecule has 0 spiro atoms. The zero-order chi connectivity index (χ0) is 13.9. The van der Waals surface area contributed by atoms with Crippen molar-refractivity contribution in [1.29, 1.82) is 0 Å². The van der Waals surface area contributed by atoms with Gasteiger partial charge in [-0.2, -0.15) is 0 Å². The Kier molecular flexibility index (Phi) is 3.58. The Morgan fingerprint density at radius 1 is 1.20 bits per heavy atom. The summed E-state index contributed by atoms with van der Waals surface area (Å²) in [6, 6.07) is 9.13. The average molecular weight is 299 g/mol. The highest BCUT2D eigenvalue weighted by molar-refractivity contribution is 8.27. The van der Waals surface area contributed by atoms with Gasteiger partial charge in [-0.05, 0) is 30.3 Å². The van der Waals surface area contributed by atoms with Gasteiger partial charge in [0.2, 0.25) is 0 Å². The molecule has 0 N–H and O–H groups in total. The SMILES string of the molecule is O=C1/C(=C/c2ccccn2)SC(=S)N1c1cccnc1. The van der Waals surface area contributed by atoms with Gasteiger partial charge in [-0.25, -0.2) is 0 Å². The van der Waals surface area contributed by atoms with E-state index in [1.807, 2.05) is 24.3 Å². The summed E-state index contributed by atoms with van der Waals surface area (Å²) in [6.45, 7) is 0. The van der Waals surface area contributed by atoms with E-state index in [4.69, 9.17) is 12.2 Å². The second-order valence-corrected chi connectivity index (χ2v) is 5.66. The summed E-state index contributed by atoms with van der Waals surface area (Å²) >= 11 is 6.54. The molecule has 3 heterocycles. The summed E-state index contributed by atoms with van der Waals surface area (Å²) in [5.41, 5.74) is 1.42. The summed E-state index contributed by atoms with van der Waals surface area (Å²) in [7, 11) is 0. The van der Waals surface area contributed by atoms with Crippen LogP contribution in [0.3, 0.4) is 0 Å². The smallest absolute Gasteiger partial charge is 0.268 e. The number of thiocarbonyl (C=S) groups is 1. The molecule has 0 aromatic carbocycles. The van der Waals surface area contributed by atoms with Crippen molar-refractivity contribution in [3.63, 3.8) is 0 Å². The second-order valence-electron chi connectivity index (χ2n) is 3.98. The Bertz CT molecular complexity index is 686. The number of anilines is 1. The molecule has 1 aliphatic heterocycles. The van der Waals surface area contributed by atoms with E-state index in [0.29, 0.717) is 14.9 Å². The average Bonchev–Trinajstić information content (AvgIpc) is 2.75. The lowest BCUT2D eigenvalue weighted by Crippen LogP contribution is -2.27. The van der Waals surface area contributed by atoms with Crippen molar-refractivity contribution in [3.05, 3.63) is 59.5 Å². The predicted molar refractivity (Wildman–Crippen MR) is 84.1 cm³/mol. The first-order chi connectivity index (χ1) is 9.75. The van der Waals surface area contributed by atoms with Crippen LogP contribution >= 0.6 is 24.0 Å². The first kappa shape index (κ1) is 13.0. The maximum Gasteiger partial charge on any atom is 0.270 e. The van der Waals surface area contributed by atoms with E-state index in [0.717, 1.165) is 5.69 Å². The van der Waals surface area contributed by atoms with Gasteiger partial charge in [-0.3, -0.25) is 19.7 Å². The third kappa shape index (κ3) is 2.48. The molecule has 0 atom stereocenters. The molecule has 4 nitrogen and oxygen atoms in total. The number of hydrogen-bond donors (Lipinski definition) is 0. The Morgan fingerprint density at radius 3 is 2.80 bits per heavy atom. The molecule has 3 rings (SSSR count). The number of nitrogens with zero attached hydrogens (tertiary/aromatic N) is 3. The summed E-state index contributed by atoms with van der Waals surface area (Å²) in [4.78, 5) is 22.7. The van der Waals surface area contributed by atoms with Crippen molar-refractivity contribution in [1.82, 2.24) is 9.97 Å². The van der Waals surface area contributed by atoms with Crippen molar-refractivity contribution in [2.45, 2.75) is 0 Å². The Balaban J connectivity index is 1.93. The van der Waals surface area contributed by atoms with Gasteiger partial charge in [-0.1, -0.05) is 30.0 Å². The van der Waals surface area contributed by atoms with Crippen LogP contribution in [-0.4, -0.2) is 20.2 Å². The van der Waals surface area contributed by atoms with E-state index in [1.165, 1.54) is 16.7 Å². The molecule has 1 fully saturated rings. The molecule has 6 heteroatoms. The lowest BCUT2D eigenvalue weighted by Gasteiger charge is -2.13. The second kappa shape index (κ2) is 5.52. The van der Waals surface area contributed by atoms with E-state index < -0.39 is 0 Å². The van der Waals surface area contributed by atoms with Crippen LogP contribution in [0.1, 0.15) is 5.69 Å². The molecule has 0 bridgehead atoms. The van der Waals surface area contributed by atoms with Gasteiger partial charge in [-0.15, -0.1) is 0 Å². The highest BCUT2D eigenvalue weighted by Gasteiger charge is 2.33. The first-order valence-corrected chi connectivity index (χ1v) is 7.07. The minimum absolute atomic E-state index is 0.140. The van der Waals surface area contributed by atoms with E-state index in [-0.39, 0.29) is 5.91 Å². The first-order valence-electron chi connectivity index (χ1n) is 5.85. The summed E-state index contributed by atoms with van der Waals surface area (Å²) in [5.74, 6) is -0.140. The molecule has 98 valence electrons. The minimum Gasteiger partial charge on any atom is -0.268 e. The molecular formula is C14H9N3OS2. The zero-order valence-corrected chi connectivity index (χ0v) is 11.9. The number of pyridine rings is 2. The fourth-order valence-corrected chi connectivity index (χ4v) is 3.06. The molecule has 2 aromatic rings. The number of carbonyl (C=O) groups is 1. The highest BCUT2D eigenvalue weighted by atomic mass is 32.2. The Hall–Kier alpha value is -2.05. The van der Waals surface area contributed by atoms with Crippen LogP contribution in [-0.2, 0) is 4.79 Å². The van der Waals surface area contributed by atoms with Crippen LogP contribution in [0.2, 0.25) is 0 Å². The highest BCUT2D eigenvalue weighted by Crippen LogP contribution is 2.35. The lowest BCUT2D eigenvalue weighted by molar-refractivity contribution is -0.113. The van der Waals surface area contributed by atoms with E-state index in [9.17, 15) is 4.79 Å². The van der Waals surface area contributed by atoms with Gasteiger partial charge < -0.3 is 0 Å². The molecule has 0 aliphatic carbocycles. The number of aromatic nitrogens is 2. The van der Waals surface area contributed by atoms with Gasteiger partial charge in [0.1, 0.15) is 0 Å². The fourth-order valence-electron chi connectivity index (χ4n) is 1.77. The molecule has 0 radical (unpaired) electrons. The maximum atomic E-state index is 12.4. The van der Waals surface area contributed by atoms with Crippen LogP contribution < -0.4 is 4.90 Å². The van der Waals surface area contributed by atoms with E-state index in [1.54, 1.807) is 30.7 Å². The van der Waals surface area contributed by atoms with Crippen molar-refractivity contribution < 1.29 is 4.79 Å². The quantitative estimate of drug-likeness (QED) is 0.630. The molecule has 20 heavy (non-hydrogen) atoms. The van der Waals surface area contributed by atoms with Gasteiger partial charge in [0.05, 0.1) is 22.5 Å². The van der Waals surface area contributed by atoms with Gasteiger partial charge in [0.25, 0.3) is 5.91 Å². The minimum atomic E-state index is -0.140. The van der Waals surface area contributed by atoms with Gasteiger partial charge >= 0.3 is 0 Å². The van der Waals surface area contributed by atoms with Crippen LogP contribution in [0.5, 0.6) is 0 Å². The van der Waals surface area contributed by atoms with Crippen LogP contribution in [0, 0.1) is 0 Å². The Labute approximate surface area is 125 Å². The molecule has 1 saturated heterocycles. The standard InChI is InChI=1S/C14H9N3OS2/c18-13-12(8-10-4-1-2-7-16-10)20-14(19)17(13)11-5-3-6-15-9-11/h1-9H/b12-8-. The summed E-state index contributed by atoms with van der Waals surface area (Å²) in [6.07, 6.45) is 6.71. The maximum absolute atomic E-state index is 12.4. The van der Waals surface area contributed by atoms with Crippen LogP contribution in [0.4, 0.5) is 5.69 Å². The van der Waals surface area contributed by atoms with Crippen molar-refractivity contribution in [2.75, 3.05) is 4.90 Å². The molecule has 1 amide bonds. The summed E-state index contributed by atoms with van der Waals surface area (Å²) in [5, 5.41) is 0. The topological polar surface area (TPSA) is 46.1 Å². The summed E-state index contributed by atoms with van der Waals surface area (Å²) < 4.78 is 0.505. The van der Waals surface area contributed by atoms with Gasteiger partial charge in [0, 0.05) is 12.4 Å². The van der Waals surface area contributed by atoms with Gasteiger partial charge in [0.15, 0.2) is 4.32 Å². The Morgan fingerprint density at radius 2 is 2.10 bits per heavy atom. The normalized spacial score (nSPS) is 17.0. The van der Waals surface area contributed by atoms with Crippen molar-refractivity contribution in [2.24, 2.45) is 0 Å². The number of carbonyl (C=O) groups excluding carboxylic acids is 1. The van der Waals surface area contributed by atoms with E-state index >= 15 is 0 Å². The zero-order valence-electron chi connectivity index (χ0n) is 10.3.